The van der Waals surface area contributed by atoms with Gasteiger partial charge in [-0.1, -0.05) is 17.3 Å². The van der Waals surface area contributed by atoms with Gasteiger partial charge >= 0.3 is 0 Å². The summed E-state index contributed by atoms with van der Waals surface area (Å²) in [6.07, 6.45) is 0.195. The third kappa shape index (κ3) is 4.41. The number of aryl methyl sites for hydroxylation is 1. The summed E-state index contributed by atoms with van der Waals surface area (Å²) in [4.78, 5) is 0. The highest BCUT2D eigenvalue weighted by Crippen LogP contribution is 2.15. The van der Waals surface area contributed by atoms with Gasteiger partial charge in [-0.3, -0.25) is 0 Å². The molecule has 2 rings (SSSR count). The first kappa shape index (κ1) is 13.6. The van der Waals surface area contributed by atoms with Gasteiger partial charge in [0, 0.05) is 12.6 Å². The van der Waals surface area contributed by atoms with E-state index < -0.39 is 0 Å². The number of nitrogens with one attached hydrogen (secondary N) is 1. The highest BCUT2D eigenvalue weighted by molar-refractivity contribution is 5.28. The maximum absolute atomic E-state index is 5.67. The van der Waals surface area contributed by atoms with Crippen molar-refractivity contribution >= 4 is 0 Å². The van der Waals surface area contributed by atoms with E-state index in [4.69, 9.17) is 9.26 Å². The van der Waals surface area contributed by atoms with Crippen LogP contribution >= 0.6 is 0 Å². The molecule has 0 saturated carbocycles. The molecule has 102 valence electrons. The van der Waals surface area contributed by atoms with Crippen molar-refractivity contribution in [1.29, 1.82) is 0 Å². The van der Waals surface area contributed by atoms with E-state index in [1.165, 1.54) is 5.56 Å². The summed E-state index contributed by atoms with van der Waals surface area (Å²) in [6.45, 7) is 7.42. The fourth-order valence-electron chi connectivity index (χ4n) is 1.83. The van der Waals surface area contributed by atoms with Gasteiger partial charge in [0.2, 0.25) is 0 Å². The monoisotopic (exact) mass is 260 g/mol. The molecular formula is C15H20N2O2. The van der Waals surface area contributed by atoms with Gasteiger partial charge in [-0.2, -0.15) is 0 Å². The zero-order valence-corrected chi connectivity index (χ0v) is 11.6. The predicted octanol–water partition coefficient (Wildman–Crippen LogP) is 3.06. The van der Waals surface area contributed by atoms with Crippen molar-refractivity contribution in [1.82, 2.24) is 10.5 Å². The van der Waals surface area contributed by atoms with E-state index >= 15 is 0 Å². The highest BCUT2D eigenvalue weighted by Gasteiger charge is 2.02. The second kappa shape index (κ2) is 6.38. The van der Waals surface area contributed by atoms with E-state index in [9.17, 15) is 0 Å². The van der Waals surface area contributed by atoms with Crippen molar-refractivity contribution in [2.45, 2.75) is 40.0 Å². The normalized spacial score (nSPS) is 10.9. The van der Waals surface area contributed by atoms with Crippen LogP contribution in [0.15, 0.2) is 34.9 Å². The fourth-order valence-corrected chi connectivity index (χ4v) is 1.83. The average Bonchev–Trinajstić information content (AvgIpc) is 2.75. The van der Waals surface area contributed by atoms with Gasteiger partial charge in [0.05, 0.1) is 18.3 Å². The van der Waals surface area contributed by atoms with Gasteiger partial charge in [-0.15, -0.1) is 0 Å². The maximum atomic E-state index is 5.67. The van der Waals surface area contributed by atoms with Crippen LogP contribution in [0.1, 0.15) is 30.9 Å². The highest BCUT2D eigenvalue weighted by atomic mass is 16.5. The average molecular weight is 260 g/mol. The van der Waals surface area contributed by atoms with Gasteiger partial charge in [0.1, 0.15) is 5.75 Å². The molecule has 0 aliphatic rings. The number of rotatable bonds is 6. The van der Waals surface area contributed by atoms with E-state index in [0.29, 0.717) is 6.54 Å². The lowest BCUT2D eigenvalue weighted by molar-refractivity contribution is 0.242. The van der Waals surface area contributed by atoms with E-state index in [2.05, 4.69) is 22.6 Å². The van der Waals surface area contributed by atoms with Crippen LogP contribution in [0.2, 0.25) is 0 Å². The Hall–Kier alpha value is -1.81. The van der Waals surface area contributed by atoms with Crippen LogP contribution in [-0.2, 0) is 13.1 Å². The molecule has 4 heteroatoms. The van der Waals surface area contributed by atoms with Crippen molar-refractivity contribution in [2.24, 2.45) is 0 Å². The standard InChI is InChI=1S/C15H20N2O2/c1-11(2)18-14-6-4-5-13(8-14)9-16-10-15-7-12(3)17-19-15/h4-8,11,16H,9-10H2,1-3H3. The van der Waals surface area contributed by atoms with Crippen LogP contribution in [0.4, 0.5) is 0 Å². The summed E-state index contributed by atoms with van der Waals surface area (Å²) in [5, 5.41) is 7.18. The summed E-state index contributed by atoms with van der Waals surface area (Å²) in [5.41, 5.74) is 2.10. The molecule has 0 saturated heterocycles. The Morgan fingerprint density at radius 2 is 2.11 bits per heavy atom. The second-order valence-corrected chi connectivity index (χ2v) is 4.85. The van der Waals surface area contributed by atoms with E-state index in [0.717, 1.165) is 23.7 Å². The minimum absolute atomic E-state index is 0.195. The van der Waals surface area contributed by atoms with Crippen LogP contribution in [0, 0.1) is 6.92 Å². The molecule has 0 atom stereocenters. The Morgan fingerprint density at radius 3 is 2.79 bits per heavy atom. The summed E-state index contributed by atoms with van der Waals surface area (Å²) in [6, 6.07) is 10.0. The molecule has 4 nitrogen and oxygen atoms in total. The predicted molar refractivity (Wildman–Crippen MR) is 74.0 cm³/mol. The van der Waals surface area contributed by atoms with Crippen LogP contribution in [0.25, 0.3) is 0 Å². The van der Waals surface area contributed by atoms with Gasteiger partial charge < -0.3 is 14.6 Å². The number of nitrogens with zero attached hydrogens (tertiary/aromatic N) is 1. The molecule has 1 aromatic heterocycles. The molecule has 0 spiro atoms. The van der Waals surface area contributed by atoms with E-state index in [1.807, 2.05) is 39.0 Å². The maximum Gasteiger partial charge on any atom is 0.150 e. The topological polar surface area (TPSA) is 47.3 Å². The first-order valence-electron chi connectivity index (χ1n) is 6.52. The van der Waals surface area contributed by atoms with Crippen molar-refractivity contribution in [2.75, 3.05) is 0 Å². The molecule has 19 heavy (non-hydrogen) atoms. The third-order valence-corrected chi connectivity index (χ3v) is 2.58. The van der Waals surface area contributed by atoms with Crippen LogP contribution in [0.5, 0.6) is 5.75 Å². The molecule has 2 aromatic rings. The fraction of sp³-hybridized carbons (Fsp3) is 0.400. The van der Waals surface area contributed by atoms with E-state index in [1.54, 1.807) is 0 Å². The van der Waals surface area contributed by atoms with Crippen molar-refractivity contribution < 1.29 is 9.26 Å². The molecule has 0 radical (unpaired) electrons. The van der Waals surface area contributed by atoms with Crippen LogP contribution in [-0.4, -0.2) is 11.3 Å². The second-order valence-electron chi connectivity index (χ2n) is 4.85. The summed E-state index contributed by atoms with van der Waals surface area (Å²) in [7, 11) is 0. The molecule has 0 aliphatic heterocycles. The third-order valence-electron chi connectivity index (χ3n) is 2.58. The Labute approximate surface area is 113 Å². The lowest BCUT2D eigenvalue weighted by Gasteiger charge is -2.11. The van der Waals surface area contributed by atoms with Crippen LogP contribution in [0.3, 0.4) is 0 Å². The molecule has 0 bridgehead atoms. The molecule has 1 aromatic carbocycles. The Bertz CT molecular complexity index is 520. The number of hydrogen-bond acceptors (Lipinski definition) is 4. The lowest BCUT2D eigenvalue weighted by atomic mass is 10.2. The summed E-state index contributed by atoms with van der Waals surface area (Å²) < 4.78 is 10.8. The van der Waals surface area contributed by atoms with Crippen molar-refractivity contribution in [3.05, 3.63) is 47.3 Å². The first-order valence-corrected chi connectivity index (χ1v) is 6.52. The molecule has 0 fully saturated rings. The number of hydrogen-bond donors (Lipinski definition) is 1. The number of ether oxygens (including phenoxy) is 1. The Balaban J connectivity index is 1.85. The van der Waals surface area contributed by atoms with Crippen molar-refractivity contribution in [3.8, 4) is 5.75 Å². The van der Waals surface area contributed by atoms with Gasteiger partial charge in [0.25, 0.3) is 0 Å². The Morgan fingerprint density at radius 1 is 1.26 bits per heavy atom. The van der Waals surface area contributed by atoms with E-state index in [-0.39, 0.29) is 6.10 Å². The minimum atomic E-state index is 0.195. The number of benzene rings is 1. The zero-order valence-electron chi connectivity index (χ0n) is 11.6. The first-order chi connectivity index (χ1) is 9.13. The lowest BCUT2D eigenvalue weighted by Crippen LogP contribution is -2.12. The molecule has 0 unspecified atom stereocenters. The van der Waals surface area contributed by atoms with Crippen molar-refractivity contribution in [3.63, 3.8) is 0 Å². The molecule has 0 amide bonds. The quantitative estimate of drug-likeness (QED) is 0.867. The van der Waals surface area contributed by atoms with Gasteiger partial charge in [0.15, 0.2) is 5.76 Å². The molecular weight excluding hydrogens is 240 g/mol. The molecule has 0 aliphatic carbocycles. The SMILES string of the molecule is Cc1cc(CNCc2cccc(OC(C)C)c2)on1. The van der Waals surface area contributed by atoms with Gasteiger partial charge in [-0.25, -0.2) is 0 Å². The smallest absolute Gasteiger partial charge is 0.150 e. The minimum Gasteiger partial charge on any atom is -0.491 e. The largest absolute Gasteiger partial charge is 0.491 e. The Kier molecular flexibility index (Phi) is 4.58. The number of aromatic nitrogens is 1. The van der Waals surface area contributed by atoms with Crippen LogP contribution < -0.4 is 10.1 Å². The van der Waals surface area contributed by atoms with Gasteiger partial charge in [-0.05, 0) is 38.5 Å². The zero-order chi connectivity index (χ0) is 13.7. The summed E-state index contributed by atoms with van der Waals surface area (Å²) in [5.74, 6) is 1.76. The molecule has 1 heterocycles. The summed E-state index contributed by atoms with van der Waals surface area (Å²) >= 11 is 0. The molecule has 1 N–H and O–H groups in total.